The van der Waals surface area contributed by atoms with Gasteiger partial charge >= 0.3 is 6.18 Å². The number of aryl methyl sites for hydroxylation is 1. The van der Waals surface area contributed by atoms with Crippen LogP contribution in [0.4, 0.5) is 19.0 Å². The van der Waals surface area contributed by atoms with Gasteiger partial charge in [-0.15, -0.1) is 0 Å². The van der Waals surface area contributed by atoms with Crippen LogP contribution >= 0.6 is 0 Å². The number of piperidine rings is 1. The van der Waals surface area contributed by atoms with Crippen LogP contribution < -0.4 is 4.90 Å². The van der Waals surface area contributed by atoms with Crippen molar-refractivity contribution in [2.24, 2.45) is 7.05 Å². The molecule has 0 saturated carbocycles. The van der Waals surface area contributed by atoms with Gasteiger partial charge in [0.25, 0.3) is 10.0 Å². The zero-order valence-electron chi connectivity index (χ0n) is 17.2. The minimum atomic E-state index is -4.39. The van der Waals surface area contributed by atoms with Gasteiger partial charge < -0.3 is 9.47 Å². The highest BCUT2D eigenvalue weighted by molar-refractivity contribution is 7.89. The highest BCUT2D eigenvalue weighted by Gasteiger charge is 2.34. The molecule has 2 saturated heterocycles. The van der Waals surface area contributed by atoms with E-state index in [1.54, 1.807) is 11.6 Å². The molecule has 0 aromatic carbocycles. The van der Waals surface area contributed by atoms with Crippen LogP contribution in [-0.4, -0.2) is 77.5 Å². The van der Waals surface area contributed by atoms with Crippen LogP contribution in [0.5, 0.6) is 0 Å². The molecule has 12 heteroatoms. The standard InChI is InChI=1S/C19H25F3N6O2S/c1-25-13-18(24-14-25)31(29,30)28-6-4-16(5-7-28)26-8-10-27(11-9-26)17-3-2-15(12-23-17)19(20,21)22/h2-3,12-14,16H,4-11H2,1H3. The number of hydrogen-bond donors (Lipinski definition) is 0. The van der Waals surface area contributed by atoms with Gasteiger partial charge in [-0.2, -0.15) is 17.5 Å². The third-order valence-corrected chi connectivity index (χ3v) is 7.72. The lowest BCUT2D eigenvalue weighted by atomic mass is 10.0. The van der Waals surface area contributed by atoms with Gasteiger partial charge in [-0.3, -0.25) is 4.90 Å². The molecule has 4 heterocycles. The van der Waals surface area contributed by atoms with E-state index in [0.717, 1.165) is 38.2 Å². The minimum Gasteiger partial charge on any atom is -0.354 e. The van der Waals surface area contributed by atoms with Gasteiger partial charge in [0.15, 0.2) is 5.03 Å². The first kappa shape index (κ1) is 22.0. The van der Waals surface area contributed by atoms with Gasteiger partial charge in [0.1, 0.15) is 5.82 Å². The van der Waals surface area contributed by atoms with Crippen molar-refractivity contribution in [3.05, 3.63) is 36.4 Å². The first-order chi connectivity index (χ1) is 14.6. The number of imidazole rings is 1. The van der Waals surface area contributed by atoms with Gasteiger partial charge in [0.2, 0.25) is 0 Å². The largest absolute Gasteiger partial charge is 0.417 e. The van der Waals surface area contributed by atoms with E-state index in [4.69, 9.17) is 0 Å². The molecule has 2 fully saturated rings. The number of rotatable bonds is 4. The van der Waals surface area contributed by atoms with E-state index in [2.05, 4.69) is 14.9 Å². The fourth-order valence-corrected chi connectivity index (χ4v) is 5.59. The van der Waals surface area contributed by atoms with Gasteiger partial charge in [-0.25, -0.2) is 18.4 Å². The molecule has 4 rings (SSSR count). The Hall–Kier alpha value is -2.18. The zero-order chi connectivity index (χ0) is 22.2. The monoisotopic (exact) mass is 458 g/mol. The lowest BCUT2D eigenvalue weighted by molar-refractivity contribution is -0.137. The second kappa shape index (κ2) is 8.40. The molecule has 170 valence electrons. The van der Waals surface area contributed by atoms with Gasteiger partial charge in [-0.05, 0) is 25.0 Å². The number of pyridine rings is 1. The summed E-state index contributed by atoms with van der Waals surface area (Å²) >= 11 is 0. The number of aromatic nitrogens is 3. The van der Waals surface area contributed by atoms with Crippen molar-refractivity contribution in [3.63, 3.8) is 0 Å². The molecular weight excluding hydrogens is 433 g/mol. The van der Waals surface area contributed by atoms with Crippen molar-refractivity contribution < 1.29 is 21.6 Å². The maximum atomic E-state index is 12.7. The molecule has 0 bridgehead atoms. The molecule has 2 aromatic heterocycles. The first-order valence-electron chi connectivity index (χ1n) is 10.1. The molecule has 2 aliphatic rings. The van der Waals surface area contributed by atoms with Crippen LogP contribution in [-0.2, 0) is 23.2 Å². The van der Waals surface area contributed by atoms with Gasteiger partial charge in [-0.1, -0.05) is 0 Å². The molecule has 2 aliphatic heterocycles. The summed E-state index contributed by atoms with van der Waals surface area (Å²) in [7, 11) is -1.83. The Morgan fingerprint density at radius 1 is 1.00 bits per heavy atom. The average molecular weight is 459 g/mol. The fourth-order valence-electron chi connectivity index (χ4n) is 4.16. The molecule has 8 nitrogen and oxygen atoms in total. The second-order valence-electron chi connectivity index (χ2n) is 7.94. The SMILES string of the molecule is Cn1cnc(S(=O)(=O)N2CCC(N3CCN(c4ccc(C(F)(F)F)cn4)CC3)CC2)c1. The highest BCUT2D eigenvalue weighted by Crippen LogP contribution is 2.30. The van der Waals surface area contributed by atoms with E-state index in [9.17, 15) is 21.6 Å². The van der Waals surface area contributed by atoms with Crippen molar-refractivity contribution in [1.29, 1.82) is 0 Å². The summed E-state index contributed by atoms with van der Waals surface area (Å²) in [6, 6.07) is 2.77. The summed E-state index contributed by atoms with van der Waals surface area (Å²) in [4.78, 5) is 12.3. The Kier molecular flexibility index (Phi) is 5.97. The summed E-state index contributed by atoms with van der Waals surface area (Å²) in [5.74, 6) is 0.545. The summed E-state index contributed by atoms with van der Waals surface area (Å²) in [6.45, 7) is 3.77. The Morgan fingerprint density at radius 3 is 2.19 bits per heavy atom. The number of halogens is 3. The quantitative estimate of drug-likeness (QED) is 0.696. The number of anilines is 1. The first-order valence-corrected chi connectivity index (χ1v) is 11.6. The van der Waals surface area contributed by atoms with E-state index in [0.29, 0.717) is 32.0 Å². The lowest BCUT2D eigenvalue weighted by Crippen LogP contribution is -2.54. The van der Waals surface area contributed by atoms with E-state index < -0.39 is 21.8 Å². The third-order valence-electron chi connectivity index (χ3n) is 5.94. The molecule has 31 heavy (non-hydrogen) atoms. The van der Waals surface area contributed by atoms with Crippen LogP contribution in [0.25, 0.3) is 0 Å². The topological polar surface area (TPSA) is 74.6 Å². The van der Waals surface area contributed by atoms with Gasteiger partial charge in [0, 0.05) is 64.8 Å². The van der Waals surface area contributed by atoms with Crippen molar-refractivity contribution in [1.82, 2.24) is 23.7 Å². The Bertz CT molecular complexity index is 992. The van der Waals surface area contributed by atoms with Crippen LogP contribution in [0.15, 0.2) is 35.9 Å². The number of nitrogens with zero attached hydrogens (tertiary/aromatic N) is 6. The van der Waals surface area contributed by atoms with E-state index >= 15 is 0 Å². The van der Waals surface area contributed by atoms with Crippen LogP contribution in [0.3, 0.4) is 0 Å². The van der Waals surface area contributed by atoms with E-state index in [1.807, 2.05) is 4.90 Å². The van der Waals surface area contributed by atoms with Gasteiger partial charge in [0.05, 0.1) is 11.9 Å². The number of hydrogen-bond acceptors (Lipinski definition) is 6. The fraction of sp³-hybridized carbons (Fsp3) is 0.579. The average Bonchev–Trinajstić information content (AvgIpc) is 3.21. The van der Waals surface area contributed by atoms with Crippen molar-refractivity contribution >= 4 is 15.8 Å². The predicted molar refractivity (Wildman–Crippen MR) is 108 cm³/mol. The predicted octanol–water partition coefficient (Wildman–Crippen LogP) is 1.81. The third kappa shape index (κ3) is 4.70. The van der Waals surface area contributed by atoms with Crippen LogP contribution in [0.2, 0.25) is 0 Å². The minimum absolute atomic E-state index is 0.0751. The molecule has 0 spiro atoms. The number of piperazine rings is 1. The smallest absolute Gasteiger partial charge is 0.354 e. The molecular formula is C19H25F3N6O2S. The number of sulfonamides is 1. The zero-order valence-corrected chi connectivity index (χ0v) is 18.0. The molecule has 2 aromatic rings. The Labute approximate surface area is 179 Å². The lowest BCUT2D eigenvalue weighted by Gasteiger charge is -2.42. The molecule has 0 radical (unpaired) electrons. The summed E-state index contributed by atoms with van der Waals surface area (Å²) in [6.07, 6.45) is 0.957. The summed E-state index contributed by atoms with van der Waals surface area (Å²) in [5, 5.41) is 0.0751. The van der Waals surface area contributed by atoms with Crippen LogP contribution in [0.1, 0.15) is 18.4 Å². The molecule has 0 aliphatic carbocycles. The molecule has 0 amide bonds. The summed E-state index contributed by atoms with van der Waals surface area (Å²) in [5.41, 5.74) is -0.748. The van der Waals surface area contributed by atoms with Crippen molar-refractivity contribution in [2.75, 3.05) is 44.2 Å². The highest BCUT2D eigenvalue weighted by atomic mass is 32.2. The Balaban J connectivity index is 1.29. The van der Waals surface area contributed by atoms with Crippen molar-refractivity contribution in [3.8, 4) is 0 Å². The van der Waals surface area contributed by atoms with E-state index in [1.165, 1.54) is 22.9 Å². The maximum Gasteiger partial charge on any atom is 0.417 e. The second-order valence-corrected chi connectivity index (χ2v) is 9.82. The maximum absolute atomic E-state index is 12.7. The normalized spacial score (nSPS) is 20.3. The molecule has 0 unspecified atom stereocenters. The Morgan fingerprint density at radius 2 is 1.68 bits per heavy atom. The molecule has 0 N–H and O–H groups in total. The van der Waals surface area contributed by atoms with Crippen LogP contribution in [0, 0.1) is 0 Å². The number of alkyl halides is 3. The molecule has 0 atom stereocenters. The van der Waals surface area contributed by atoms with E-state index in [-0.39, 0.29) is 11.1 Å². The van der Waals surface area contributed by atoms with Crippen molar-refractivity contribution in [2.45, 2.75) is 30.1 Å². The summed E-state index contributed by atoms with van der Waals surface area (Å²) < 4.78 is 66.7.